The maximum atomic E-state index is 12.3. The molecule has 0 unspecified atom stereocenters. The van der Waals surface area contributed by atoms with E-state index in [1.165, 1.54) is 6.07 Å². The number of nitrogens with two attached hydrogens (primary N) is 1. The number of hydrogen-bond donors (Lipinski definition) is 2. The number of nitrogens with one attached hydrogen (secondary N) is 1. The Morgan fingerprint density at radius 3 is 2.50 bits per heavy atom. The molecule has 0 saturated carbocycles. The summed E-state index contributed by atoms with van der Waals surface area (Å²) in [4.78, 5) is 0.0774. The van der Waals surface area contributed by atoms with Gasteiger partial charge in [0.15, 0.2) is 0 Å². The van der Waals surface area contributed by atoms with Gasteiger partial charge in [0.1, 0.15) is 4.90 Å². The molecular weight excluding hydrogens is 272 g/mol. The van der Waals surface area contributed by atoms with Gasteiger partial charge >= 0.3 is 0 Å². The minimum absolute atomic E-state index is 0.0774. The predicted octanol–water partition coefficient (Wildman–Crippen LogP) is 2.27. The highest BCUT2D eigenvalue weighted by Gasteiger charge is 2.26. The van der Waals surface area contributed by atoms with E-state index in [4.69, 9.17) is 17.3 Å². The maximum absolute atomic E-state index is 12.3. The molecule has 102 valence electrons. The highest BCUT2D eigenvalue weighted by Crippen LogP contribution is 2.24. The Kier molecular flexibility index (Phi) is 4.78. The van der Waals surface area contributed by atoms with Gasteiger partial charge in [-0.15, -0.1) is 0 Å². The normalized spacial score (nSPS) is 12.7. The molecule has 0 radical (unpaired) electrons. The van der Waals surface area contributed by atoms with Crippen LogP contribution in [0.4, 0.5) is 0 Å². The van der Waals surface area contributed by atoms with E-state index in [-0.39, 0.29) is 16.5 Å². The summed E-state index contributed by atoms with van der Waals surface area (Å²) >= 11 is 5.95. The van der Waals surface area contributed by atoms with Crippen LogP contribution >= 0.6 is 11.6 Å². The van der Waals surface area contributed by atoms with Crippen molar-refractivity contribution < 1.29 is 8.42 Å². The Morgan fingerprint density at radius 1 is 1.39 bits per heavy atom. The number of hydrogen-bond acceptors (Lipinski definition) is 3. The molecule has 18 heavy (non-hydrogen) atoms. The van der Waals surface area contributed by atoms with Gasteiger partial charge < -0.3 is 5.73 Å². The third-order valence-electron chi connectivity index (χ3n) is 2.82. The fourth-order valence-corrected chi connectivity index (χ4v) is 3.41. The average molecular weight is 291 g/mol. The summed E-state index contributed by atoms with van der Waals surface area (Å²) in [6.07, 6.45) is 0.681. The van der Waals surface area contributed by atoms with E-state index in [2.05, 4.69) is 4.72 Å². The van der Waals surface area contributed by atoms with Crippen molar-refractivity contribution in [3.8, 4) is 0 Å². The zero-order chi connectivity index (χ0) is 14.0. The highest BCUT2D eigenvalue weighted by molar-refractivity contribution is 7.89. The first-order chi connectivity index (χ1) is 8.22. The third-order valence-corrected chi connectivity index (χ3v) is 5.00. The SMILES string of the molecule is CCC(C)(C)NS(=O)(=O)c1cc(CN)ccc1Cl. The molecule has 1 rings (SSSR count). The summed E-state index contributed by atoms with van der Waals surface area (Å²) in [6.45, 7) is 5.84. The van der Waals surface area contributed by atoms with Crippen LogP contribution < -0.4 is 10.5 Å². The molecule has 0 saturated heterocycles. The van der Waals surface area contributed by atoms with Crippen molar-refractivity contribution in [3.63, 3.8) is 0 Å². The van der Waals surface area contributed by atoms with Gasteiger partial charge in [0, 0.05) is 12.1 Å². The number of benzene rings is 1. The lowest BCUT2D eigenvalue weighted by Gasteiger charge is -2.24. The van der Waals surface area contributed by atoms with E-state index in [0.29, 0.717) is 6.42 Å². The molecular formula is C12H19ClN2O2S. The Labute approximate surface area is 114 Å². The molecule has 1 aromatic rings. The van der Waals surface area contributed by atoms with E-state index in [1.54, 1.807) is 12.1 Å². The van der Waals surface area contributed by atoms with Crippen LogP contribution in [0.15, 0.2) is 23.1 Å². The molecule has 0 bridgehead atoms. The van der Waals surface area contributed by atoms with Gasteiger partial charge in [-0.05, 0) is 38.0 Å². The van der Waals surface area contributed by atoms with Crippen molar-refractivity contribution in [3.05, 3.63) is 28.8 Å². The molecule has 4 nitrogen and oxygen atoms in total. The van der Waals surface area contributed by atoms with Crippen LogP contribution in [0, 0.1) is 0 Å². The van der Waals surface area contributed by atoms with Crippen LogP contribution in [0.5, 0.6) is 0 Å². The molecule has 3 N–H and O–H groups in total. The first-order valence-electron chi connectivity index (χ1n) is 5.74. The first-order valence-corrected chi connectivity index (χ1v) is 7.60. The van der Waals surface area contributed by atoms with E-state index in [9.17, 15) is 8.42 Å². The molecule has 0 amide bonds. The summed E-state index contributed by atoms with van der Waals surface area (Å²) in [5, 5.41) is 0.201. The summed E-state index contributed by atoms with van der Waals surface area (Å²) in [6, 6.07) is 4.78. The second kappa shape index (κ2) is 5.57. The van der Waals surface area contributed by atoms with E-state index < -0.39 is 15.6 Å². The number of sulfonamides is 1. The average Bonchev–Trinajstić information content (AvgIpc) is 2.28. The fraction of sp³-hybridized carbons (Fsp3) is 0.500. The summed E-state index contributed by atoms with van der Waals surface area (Å²) in [5.41, 5.74) is 5.72. The first kappa shape index (κ1) is 15.4. The molecule has 0 aromatic heterocycles. The van der Waals surface area contributed by atoms with Crippen LogP contribution in [0.2, 0.25) is 5.02 Å². The lowest BCUT2D eigenvalue weighted by atomic mass is 10.0. The molecule has 0 spiro atoms. The van der Waals surface area contributed by atoms with Gasteiger partial charge in [0.05, 0.1) is 5.02 Å². The van der Waals surface area contributed by atoms with E-state index >= 15 is 0 Å². The molecule has 0 heterocycles. The zero-order valence-corrected chi connectivity index (χ0v) is 12.4. The Morgan fingerprint density at radius 2 is 2.00 bits per heavy atom. The fourth-order valence-electron chi connectivity index (χ4n) is 1.37. The van der Waals surface area contributed by atoms with Crippen molar-refractivity contribution in [2.75, 3.05) is 0 Å². The van der Waals surface area contributed by atoms with E-state index in [1.807, 2.05) is 20.8 Å². The standard InChI is InChI=1S/C12H19ClN2O2S/c1-4-12(2,3)15-18(16,17)11-7-9(8-14)5-6-10(11)13/h5-7,15H,4,8,14H2,1-3H3. The predicted molar refractivity (Wildman–Crippen MR) is 74.0 cm³/mol. The van der Waals surface area contributed by atoms with Gasteiger partial charge in [-0.3, -0.25) is 0 Å². The minimum Gasteiger partial charge on any atom is -0.326 e. The molecule has 0 fully saturated rings. The van der Waals surface area contributed by atoms with E-state index in [0.717, 1.165) is 5.56 Å². The monoisotopic (exact) mass is 290 g/mol. The van der Waals surface area contributed by atoms with Gasteiger partial charge in [0.2, 0.25) is 10.0 Å². The maximum Gasteiger partial charge on any atom is 0.242 e. The third kappa shape index (κ3) is 3.68. The number of rotatable bonds is 5. The lowest BCUT2D eigenvalue weighted by Crippen LogP contribution is -2.42. The van der Waals surface area contributed by atoms with Gasteiger partial charge in [-0.2, -0.15) is 0 Å². The largest absolute Gasteiger partial charge is 0.326 e. The van der Waals surface area contributed by atoms with Gasteiger partial charge in [-0.25, -0.2) is 13.1 Å². The molecule has 6 heteroatoms. The Bertz CT molecular complexity index is 527. The van der Waals surface area contributed by atoms with Crippen molar-refractivity contribution in [2.24, 2.45) is 5.73 Å². The topological polar surface area (TPSA) is 72.2 Å². The molecule has 0 atom stereocenters. The lowest BCUT2D eigenvalue weighted by molar-refractivity contribution is 0.439. The molecule has 1 aromatic carbocycles. The summed E-state index contributed by atoms with van der Waals surface area (Å²) < 4.78 is 27.2. The highest BCUT2D eigenvalue weighted by atomic mass is 35.5. The number of halogens is 1. The van der Waals surface area contributed by atoms with Gasteiger partial charge in [0.25, 0.3) is 0 Å². The summed E-state index contributed by atoms with van der Waals surface area (Å²) in [5.74, 6) is 0. The van der Waals surface area contributed by atoms with Crippen LogP contribution in [-0.4, -0.2) is 14.0 Å². The Balaban J connectivity index is 3.20. The second-order valence-corrected chi connectivity index (χ2v) is 6.87. The van der Waals surface area contributed by atoms with Crippen molar-refractivity contribution in [2.45, 2.75) is 44.2 Å². The summed E-state index contributed by atoms with van der Waals surface area (Å²) in [7, 11) is -3.63. The Hall–Kier alpha value is -0.620. The van der Waals surface area contributed by atoms with Crippen molar-refractivity contribution in [1.29, 1.82) is 0 Å². The smallest absolute Gasteiger partial charge is 0.242 e. The quantitative estimate of drug-likeness (QED) is 0.874. The molecule has 0 aliphatic carbocycles. The van der Waals surface area contributed by atoms with Gasteiger partial charge in [-0.1, -0.05) is 24.6 Å². The van der Waals surface area contributed by atoms with Crippen LogP contribution in [0.3, 0.4) is 0 Å². The second-order valence-electron chi connectivity index (χ2n) is 4.81. The molecule has 0 aliphatic rings. The van der Waals surface area contributed by atoms with Crippen LogP contribution in [0.25, 0.3) is 0 Å². The van der Waals surface area contributed by atoms with Crippen LogP contribution in [0.1, 0.15) is 32.8 Å². The van der Waals surface area contributed by atoms with Crippen LogP contribution in [-0.2, 0) is 16.6 Å². The minimum atomic E-state index is -3.63. The van der Waals surface area contributed by atoms with Crippen molar-refractivity contribution in [1.82, 2.24) is 4.72 Å². The molecule has 0 aliphatic heterocycles. The zero-order valence-electron chi connectivity index (χ0n) is 10.8. The van der Waals surface area contributed by atoms with Crippen molar-refractivity contribution >= 4 is 21.6 Å².